The zero-order chi connectivity index (χ0) is 14.5. The number of rotatable bonds is 2. The van der Waals surface area contributed by atoms with Crippen LogP contribution in [0.15, 0.2) is 34.9 Å². The van der Waals surface area contributed by atoms with E-state index in [1.54, 1.807) is 13.0 Å². The Morgan fingerprint density at radius 1 is 1.35 bits per heavy atom. The molecule has 4 nitrogen and oxygen atoms in total. The van der Waals surface area contributed by atoms with Gasteiger partial charge in [0.25, 0.3) is 5.91 Å². The van der Waals surface area contributed by atoms with Crippen molar-refractivity contribution >= 4 is 11.6 Å². The number of hydrogen-bond donors (Lipinski definition) is 2. The third-order valence-electron chi connectivity index (χ3n) is 2.85. The largest absolute Gasteiger partial charge is 0.469 e. The van der Waals surface area contributed by atoms with Crippen LogP contribution in [-0.4, -0.2) is 12.5 Å². The van der Waals surface area contributed by atoms with Gasteiger partial charge in [-0.1, -0.05) is 17.9 Å². The lowest BCUT2D eigenvalue weighted by Crippen LogP contribution is -2.13. The molecule has 0 saturated heterocycles. The normalized spacial score (nSPS) is 9.75. The van der Waals surface area contributed by atoms with E-state index in [1.165, 1.54) is 6.26 Å². The van der Waals surface area contributed by atoms with Gasteiger partial charge in [-0.2, -0.15) is 0 Å². The van der Waals surface area contributed by atoms with E-state index in [0.29, 0.717) is 17.0 Å². The predicted octanol–water partition coefficient (Wildman–Crippen LogP) is 2.46. The topological polar surface area (TPSA) is 68.3 Å². The number of nitrogens with one attached hydrogen (secondary N) is 1. The predicted molar refractivity (Wildman–Crippen MR) is 78.5 cm³/mol. The van der Waals surface area contributed by atoms with Gasteiger partial charge in [0, 0.05) is 5.56 Å². The molecule has 0 aliphatic rings. The molecule has 1 amide bonds. The highest BCUT2D eigenvalue weighted by atomic mass is 16.3. The van der Waals surface area contributed by atoms with E-state index in [4.69, 9.17) is 10.2 Å². The van der Waals surface area contributed by atoms with Gasteiger partial charge in [-0.15, -0.1) is 0 Å². The highest BCUT2D eigenvalue weighted by Gasteiger charge is 2.13. The fraction of sp³-hybridized carbons (Fsp3) is 0.188. The minimum atomic E-state index is -0.211. The van der Waals surface area contributed by atoms with Crippen molar-refractivity contribution in [1.29, 1.82) is 0 Å². The van der Waals surface area contributed by atoms with Gasteiger partial charge >= 0.3 is 0 Å². The molecule has 0 spiro atoms. The molecule has 4 heteroatoms. The number of aryl methyl sites for hydroxylation is 2. The molecule has 0 radical (unpaired) electrons. The van der Waals surface area contributed by atoms with Crippen molar-refractivity contribution < 1.29 is 9.21 Å². The zero-order valence-electron chi connectivity index (χ0n) is 11.5. The van der Waals surface area contributed by atoms with E-state index in [9.17, 15) is 4.79 Å². The first-order valence-corrected chi connectivity index (χ1v) is 6.27. The van der Waals surface area contributed by atoms with Crippen LogP contribution < -0.4 is 11.1 Å². The summed E-state index contributed by atoms with van der Waals surface area (Å²) >= 11 is 0. The van der Waals surface area contributed by atoms with Gasteiger partial charge in [0.05, 0.1) is 24.1 Å². The summed E-state index contributed by atoms with van der Waals surface area (Å²) in [6, 6.07) is 7.34. The molecule has 0 fully saturated rings. The molecule has 2 aromatic rings. The Kier molecular flexibility index (Phi) is 4.24. The number of nitrogens with two attached hydrogens (primary N) is 1. The zero-order valence-corrected chi connectivity index (χ0v) is 11.5. The maximum Gasteiger partial charge on any atom is 0.259 e. The number of amides is 1. The molecule has 102 valence electrons. The molecule has 1 heterocycles. The lowest BCUT2D eigenvalue weighted by Gasteiger charge is -2.08. The molecule has 0 unspecified atom stereocenters. The molecule has 2 rings (SSSR count). The van der Waals surface area contributed by atoms with Crippen molar-refractivity contribution in [2.45, 2.75) is 13.8 Å². The third-order valence-corrected chi connectivity index (χ3v) is 2.85. The van der Waals surface area contributed by atoms with Crippen molar-refractivity contribution in [3.63, 3.8) is 0 Å². The summed E-state index contributed by atoms with van der Waals surface area (Å²) in [4.78, 5) is 12.2. The first-order valence-electron chi connectivity index (χ1n) is 6.27. The Balaban J connectivity index is 2.31. The summed E-state index contributed by atoms with van der Waals surface area (Å²) in [6.07, 6.45) is 1.50. The van der Waals surface area contributed by atoms with Gasteiger partial charge < -0.3 is 15.5 Å². The van der Waals surface area contributed by atoms with Crippen molar-refractivity contribution in [1.82, 2.24) is 0 Å². The summed E-state index contributed by atoms with van der Waals surface area (Å²) in [5.74, 6) is 6.12. The van der Waals surface area contributed by atoms with E-state index in [2.05, 4.69) is 17.2 Å². The van der Waals surface area contributed by atoms with Gasteiger partial charge in [0.15, 0.2) is 0 Å². The van der Waals surface area contributed by atoms with Crippen molar-refractivity contribution in [3.05, 3.63) is 53.0 Å². The van der Waals surface area contributed by atoms with Crippen LogP contribution in [0.3, 0.4) is 0 Å². The van der Waals surface area contributed by atoms with E-state index in [0.717, 1.165) is 11.1 Å². The number of hydrogen-bond acceptors (Lipinski definition) is 3. The standard InChI is InChI=1S/C16H16N2O2/c1-11-5-6-13(4-3-8-17)15(10-11)18-16(19)14-7-9-20-12(14)2/h5-7,9-10H,8,17H2,1-2H3,(H,18,19). The number of furan rings is 1. The summed E-state index contributed by atoms with van der Waals surface area (Å²) in [7, 11) is 0. The van der Waals surface area contributed by atoms with Crippen LogP contribution in [0.1, 0.15) is 27.2 Å². The second kappa shape index (κ2) is 6.09. The molecule has 1 aromatic carbocycles. The fourth-order valence-corrected chi connectivity index (χ4v) is 1.83. The Bertz CT molecular complexity index is 690. The molecule has 0 aliphatic heterocycles. The summed E-state index contributed by atoms with van der Waals surface area (Å²) < 4.78 is 5.14. The van der Waals surface area contributed by atoms with Gasteiger partial charge in [0.2, 0.25) is 0 Å². The van der Waals surface area contributed by atoms with E-state index >= 15 is 0 Å². The first-order chi connectivity index (χ1) is 9.61. The maximum absolute atomic E-state index is 12.2. The van der Waals surface area contributed by atoms with Gasteiger partial charge in [-0.3, -0.25) is 4.79 Å². The molecule has 0 saturated carbocycles. The first kappa shape index (κ1) is 13.9. The van der Waals surface area contributed by atoms with Gasteiger partial charge in [-0.05, 0) is 37.6 Å². The molecule has 0 bridgehead atoms. The number of carbonyl (C=O) groups is 1. The molecule has 1 aromatic heterocycles. The average molecular weight is 268 g/mol. The SMILES string of the molecule is Cc1ccc(C#CCN)c(NC(=O)c2ccoc2C)c1. The quantitative estimate of drug-likeness (QED) is 0.822. The highest BCUT2D eigenvalue weighted by Crippen LogP contribution is 2.19. The van der Waals surface area contributed by atoms with Crippen LogP contribution in [-0.2, 0) is 0 Å². The Hall–Kier alpha value is -2.51. The van der Waals surface area contributed by atoms with Crippen LogP contribution in [0.25, 0.3) is 0 Å². The van der Waals surface area contributed by atoms with Gasteiger partial charge in [-0.25, -0.2) is 0 Å². The lowest BCUT2D eigenvalue weighted by molar-refractivity contribution is 0.102. The summed E-state index contributed by atoms with van der Waals surface area (Å²) in [5, 5.41) is 2.86. The lowest BCUT2D eigenvalue weighted by atomic mass is 10.1. The molecule has 0 aliphatic carbocycles. The van der Waals surface area contributed by atoms with E-state index in [-0.39, 0.29) is 12.5 Å². The highest BCUT2D eigenvalue weighted by molar-refractivity contribution is 6.05. The average Bonchev–Trinajstić information content (AvgIpc) is 2.84. The van der Waals surface area contributed by atoms with Crippen molar-refractivity contribution in [2.75, 3.05) is 11.9 Å². The minimum absolute atomic E-state index is 0.211. The minimum Gasteiger partial charge on any atom is -0.469 e. The van der Waals surface area contributed by atoms with E-state index in [1.807, 2.05) is 25.1 Å². The molecule has 0 atom stereocenters. The van der Waals surface area contributed by atoms with Crippen LogP contribution in [0.2, 0.25) is 0 Å². The second-order valence-electron chi connectivity index (χ2n) is 4.40. The smallest absolute Gasteiger partial charge is 0.259 e. The molecular formula is C16H16N2O2. The van der Waals surface area contributed by atoms with Crippen LogP contribution in [0, 0.1) is 25.7 Å². The van der Waals surface area contributed by atoms with Gasteiger partial charge in [0.1, 0.15) is 5.76 Å². The molecular weight excluding hydrogens is 252 g/mol. The molecule has 3 N–H and O–H groups in total. The number of anilines is 1. The summed E-state index contributed by atoms with van der Waals surface area (Å²) in [6.45, 7) is 3.99. The molecule has 20 heavy (non-hydrogen) atoms. The second-order valence-corrected chi connectivity index (χ2v) is 4.40. The number of benzene rings is 1. The third kappa shape index (κ3) is 3.08. The summed E-state index contributed by atoms with van der Waals surface area (Å²) in [5.41, 5.74) is 8.37. The monoisotopic (exact) mass is 268 g/mol. The number of carbonyl (C=O) groups excluding carboxylic acids is 1. The Morgan fingerprint density at radius 2 is 2.15 bits per heavy atom. The fourth-order valence-electron chi connectivity index (χ4n) is 1.83. The Labute approximate surface area is 118 Å². The van der Waals surface area contributed by atoms with Crippen molar-refractivity contribution in [2.24, 2.45) is 5.73 Å². The van der Waals surface area contributed by atoms with E-state index < -0.39 is 0 Å². The van der Waals surface area contributed by atoms with Crippen LogP contribution >= 0.6 is 0 Å². The maximum atomic E-state index is 12.2. The Morgan fingerprint density at radius 3 is 2.80 bits per heavy atom. The van der Waals surface area contributed by atoms with Crippen LogP contribution in [0.5, 0.6) is 0 Å². The van der Waals surface area contributed by atoms with Crippen molar-refractivity contribution in [3.8, 4) is 11.8 Å². The van der Waals surface area contributed by atoms with Crippen LogP contribution in [0.4, 0.5) is 5.69 Å².